The number of hydrogen-bond acceptors (Lipinski definition) is 4. The minimum Gasteiger partial charge on any atom is -0.489 e. The second-order valence-corrected chi connectivity index (χ2v) is 7.90. The van der Waals surface area contributed by atoms with Gasteiger partial charge < -0.3 is 9.64 Å². The molecule has 0 saturated carbocycles. The number of anilines is 2. The lowest BCUT2D eigenvalue weighted by Crippen LogP contribution is -2.37. The molecule has 2 heterocycles. The Labute approximate surface area is 146 Å². The fraction of sp³-hybridized carbons (Fsp3) is 0.278. The minimum atomic E-state index is -3.68. The maximum atomic E-state index is 13.0. The maximum Gasteiger partial charge on any atom is 0.264 e. The Hall–Kier alpha value is -2.54. The molecule has 2 aliphatic rings. The molecule has 1 amide bonds. The lowest BCUT2D eigenvalue weighted by molar-refractivity contribution is -0.117. The Kier molecular flexibility index (Phi) is 3.88. The second-order valence-electron chi connectivity index (χ2n) is 6.04. The minimum absolute atomic E-state index is 0.0812. The van der Waals surface area contributed by atoms with Crippen molar-refractivity contribution in [2.24, 2.45) is 0 Å². The van der Waals surface area contributed by atoms with Crippen LogP contribution in [0.15, 0.2) is 53.4 Å². The molecule has 0 aromatic heterocycles. The van der Waals surface area contributed by atoms with Crippen LogP contribution in [0.25, 0.3) is 0 Å². The molecular formula is C18H18N2O4S. The summed E-state index contributed by atoms with van der Waals surface area (Å²) in [7, 11) is -3.68. The first kappa shape index (κ1) is 16.0. The van der Waals surface area contributed by atoms with Gasteiger partial charge in [-0.05, 0) is 42.8 Å². The Morgan fingerprint density at radius 1 is 0.960 bits per heavy atom. The number of para-hydroxylation sites is 2. The highest BCUT2D eigenvalue weighted by Gasteiger charge is 2.30. The van der Waals surface area contributed by atoms with E-state index >= 15 is 0 Å². The predicted octanol–water partition coefficient (Wildman–Crippen LogP) is 2.40. The molecule has 2 aromatic rings. The average Bonchev–Trinajstić information content (AvgIpc) is 3.07. The molecule has 0 atom stereocenters. The van der Waals surface area contributed by atoms with Gasteiger partial charge >= 0.3 is 0 Å². The summed E-state index contributed by atoms with van der Waals surface area (Å²) in [6.45, 7) is 1.27. The van der Waals surface area contributed by atoms with Gasteiger partial charge in [-0.3, -0.25) is 9.10 Å². The molecule has 2 aromatic carbocycles. The molecule has 0 aliphatic carbocycles. The van der Waals surface area contributed by atoms with E-state index in [1.807, 2.05) is 6.07 Å². The Morgan fingerprint density at radius 2 is 1.72 bits per heavy atom. The van der Waals surface area contributed by atoms with Crippen molar-refractivity contribution in [2.45, 2.75) is 17.7 Å². The van der Waals surface area contributed by atoms with E-state index in [0.717, 1.165) is 12.1 Å². The smallest absolute Gasteiger partial charge is 0.264 e. The zero-order chi connectivity index (χ0) is 17.4. The Bertz CT molecular complexity index is 909. The quantitative estimate of drug-likeness (QED) is 0.845. The summed E-state index contributed by atoms with van der Waals surface area (Å²) < 4.78 is 33.0. The first-order valence-corrected chi connectivity index (χ1v) is 9.66. The fourth-order valence-corrected chi connectivity index (χ4v) is 4.70. The van der Waals surface area contributed by atoms with E-state index in [0.29, 0.717) is 31.0 Å². The SMILES string of the molecule is O=C1CCCN1c1ccc(S(=O)(=O)N2CCOc3ccccc32)cc1. The molecule has 0 radical (unpaired) electrons. The van der Waals surface area contributed by atoms with Gasteiger partial charge in [0.05, 0.1) is 17.1 Å². The molecule has 1 saturated heterocycles. The normalized spacial score (nSPS) is 17.4. The molecule has 25 heavy (non-hydrogen) atoms. The molecule has 4 rings (SSSR count). The maximum absolute atomic E-state index is 13.0. The monoisotopic (exact) mass is 358 g/mol. The number of carbonyl (C=O) groups excluding carboxylic acids is 1. The van der Waals surface area contributed by atoms with Crippen LogP contribution in [0.2, 0.25) is 0 Å². The average molecular weight is 358 g/mol. The first-order chi connectivity index (χ1) is 12.1. The van der Waals surface area contributed by atoms with E-state index in [1.54, 1.807) is 47.4 Å². The van der Waals surface area contributed by atoms with Crippen LogP contribution in [-0.4, -0.2) is 34.0 Å². The van der Waals surface area contributed by atoms with E-state index in [2.05, 4.69) is 0 Å². The van der Waals surface area contributed by atoms with Gasteiger partial charge in [0.1, 0.15) is 12.4 Å². The highest BCUT2D eigenvalue weighted by atomic mass is 32.2. The van der Waals surface area contributed by atoms with E-state index in [-0.39, 0.29) is 17.3 Å². The van der Waals surface area contributed by atoms with Crippen LogP contribution in [0.3, 0.4) is 0 Å². The topological polar surface area (TPSA) is 66.9 Å². The van der Waals surface area contributed by atoms with Gasteiger partial charge in [0.15, 0.2) is 0 Å². The van der Waals surface area contributed by atoms with Crippen molar-refractivity contribution in [2.75, 3.05) is 28.9 Å². The van der Waals surface area contributed by atoms with Crippen LogP contribution in [0.4, 0.5) is 11.4 Å². The van der Waals surface area contributed by atoms with Crippen molar-refractivity contribution in [1.82, 2.24) is 0 Å². The third-order valence-corrected chi connectivity index (χ3v) is 6.32. The van der Waals surface area contributed by atoms with Gasteiger partial charge in [-0.1, -0.05) is 12.1 Å². The number of fused-ring (bicyclic) bond motifs is 1. The van der Waals surface area contributed by atoms with E-state index in [4.69, 9.17) is 4.74 Å². The number of carbonyl (C=O) groups is 1. The van der Waals surface area contributed by atoms with Crippen molar-refractivity contribution in [1.29, 1.82) is 0 Å². The number of nitrogens with zero attached hydrogens (tertiary/aromatic N) is 2. The number of ether oxygens (including phenoxy) is 1. The third kappa shape index (κ3) is 2.74. The predicted molar refractivity (Wildman–Crippen MR) is 94.5 cm³/mol. The summed E-state index contributed by atoms with van der Waals surface area (Å²) in [5, 5.41) is 0. The van der Waals surface area contributed by atoms with Gasteiger partial charge in [0.25, 0.3) is 10.0 Å². The molecule has 7 heteroatoms. The lowest BCUT2D eigenvalue weighted by Gasteiger charge is -2.30. The van der Waals surface area contributed by atoms with Gasteiger partial charge in [-0.25, -0.2) is 8.42 Å². The van der Waals surface area contributed by atoms with Crippen LogP contribution < -0.4 is 13.9 Å². The molecule has 0 unspecified atom stereocenters. The number of hydrogen-bond donors (Lipinski definition) is 0. The van der Waals surface area contributed by atoms with Gasteiger partial charge in [-0.15, -0.1) is 0 Å². The molecule has 6 nitrogen and oxygen atoms in total. The standard InChI is InChI=1S/C18H18N2O4S/c21-18-6-3-11-19(18)14-7-9-15(10-8-14)25(22,23)20-12-13-24-17-5-2-1-4-16(17)20/h1-2,4-5,7-10H,3,6,11-13H2. The molecule has 0 N–H and O–H groups in total. The first-order valence-electron chi connectivity index (χ1n) is 8.22. The lowest BCUT2D eigenvalue weighted by atomic mass is 10.2. The number of benzene rings is 2. The number of amides is 1. The van der Waals surface area contributed by atoms with E-state index in [1.165, 1.54) is 4.31 Å². The largest absolute Gasteiger partial charge is 0.489 e. The molecule has 0 spiro atoms. The molecule has 2 aliphatic heterocycles. The van der Waals surface area contributed by atoms with Crippen molar-refractivity contribution in [3.63, 3.8) is 0 Å². The highest BCUT2D eigenvalue weighted by Crippen LogP contribution is 2.35. The zero-order valence-electron chi connectivity index (χ0n) is 13.6. The van der Waals surface area contributed by atoms with Gasteiger partial charge in [0, 0.05) is 18.7 Å². The third-order valence-electron chi connectivity index (χ3n) is 4.50. The van der Waals surface area contributed by atoms with Crippen LogP contribution >= 0.6 is 0 Å². The number of sulfonamides is 1. The highest BCUT2D eigenvalue weighted by molar-refractivity contribution is 7.92. The van der Waals surface area contributed by atoms with Crippen LogP contribution in [0, 0.1) is 0 Å². The molecule has 130 valence electrons. The summed E-state index contributed by atoms with van der Waals surface area (Å²) in [5.74, 6) is 0.648. The summed E-state index contributed by atoms with van der Waals surface area (Å²) >= 11 is 0. The van der Waals surface area contributed by atoms with Crippen molar-refractivity contribution in [3.05, 3.63) is 48.5 Å². The summed E-state index contributed by atoms with van der Waals surface area (Å²) in [6, 6.07) is 13.6. The fourth-order valence-electron chi connectivity index (χ4n) is 3.24. The van der Waals surface area contributed by atoms with E-state index in [9.17, 15) is 13.2 Å². The van der Waals surface area contributed by atoms with Crippen molar-refractivity contribution in [3.8, 4) is 5.75 Å². The van der Waals surface area contributed by atoms with Crippen LogP contribution in [0.5, 0.6) is 5.75 Å². The molecule has 1 fully saturated rings. The summed E-state index contributed by atoms with van der Waals surface area (Å²) in [5.41, 5.74) is 1.29. The Morgan fingerprint density at radius 3 is 2.44 bits per heavy atom. The van der Waals surface area contributed by atoms with Crippen LogP contribution in [-0.2, 0) is 14.8 Å². The summed E-state index contributed by atoms with van der Waals surface area (Å²) in [6.07, 6.45) is 1.38. The Balaban J connectivity index is 1.66. The molecule has 0 bridgehead atoms. The van der Waals surface area contributed by atoms with Crippen molar-refractivity contribution < 1.29 is 17.9 Å². The molecular weight excluding hydrogens is 340 g/mol. The number of rotatable bonds is 3. The van der Waals surface area contributed by atoms with E-state index < -0.39 is 10.0 Å². The second kappa shape index (κ2) is 6.07. The van der Waals surface area contributed by atoms with Crippen LogP contribution in [0.1, 0.15) is 12.8 Å². The zero-order valence-corrected chi connectivity index (χ0v) is 14.4. The van der Waals surface area contributed by atoms with Gasteiger partial charge in [-0.2, -0.15) is 0 Å². The van der Waals surface area contributed by atoms with Gasteiger partial charge in [0.2, 0.25) is 5.91 Å². The summed E-state index contributed by atoms with van der Waals surface area (Å²) in [4.78, 5) is 13.7. The van der Waals surface area contributed by atoms with Crippen molar-refractivity contribution >= 4 is 27.3 Å².